The molecule has 0 amide bonds. The molecule has 0 unspecified atom stereocenters. The van der Waals surface area contributed by atoms with Crippen LogP contribution in [0.4, 0.5) is 0 Å². The molecule has 0 rings (SSSR count). The van der Waals surface area contributed by atoms with Crippen LogP contribution >= 0.6 is 11.8 Å². The molecule has 0 fully saturated rings. The Hall–Kier alpha value is 0.310. The SMILES string of the molecule is CC(C)CSC[C@@H](C)O. The average Bonchev–Trinajstić information content (AvgIpc) is 1.63. The van der Waals surface area contributed by atoms with Crippen molar-refractivity contribution in [2.45, 2.75) is 26.9 Å². The highest BCUT2D eigenvalue weighted by atomic mass is 32.2. The molecule has 0 aromatic heterocycles. The molecule has 0 spiro atoms. The van der Waals surface area contributed by atoms with Crippen LogP contribution in [0.1, 0.15) is 20.8 Å². The first-order valence-electron chi connectivity index (χ1n) is 3.38. The van der Waals surface area contributed by atoms with Gasteiger partial charge in [0.05, 0.1) is 6.10 Å². The van der Waals surface area contributed by atoms with Gasteiger partial charge in [-0.15, -0.1) is 0 Å². The zero-order valence-corrected chi connectivity index (χ0v) is 7.24. The summed E-state index contributed by atoms with van der Waals surface area (Å²) in [5, 5.41) is 8.84. The molecule has 0 aliphatic heterocycles. The standard InChI is InChI=1S/C7H16OS/c1-6(2)4-9-5-7(3)8/h6-8H,4-5H2,1-3H3/t7-/m1/s1. The normalized spacial score (nSPS) is 14.3. The smallest absolute Gasteiger partial charge is 0.0602 e. The van der Waals surface area contributed by atoms with Crippen molar-refractivity contribution >= 4 is 11.8 Å². The summed E-state index contributed by atoms with van der Waals surface area (Å²) in [4.78, 5) is 0. The number of aliphatic hydroxyl groups is 1. The largest absolute Gasteiger partial charge is 0.393 e. The number of hydrogen-bond donors (Lipinski definition) is 1. The second-order valence-corrected chi connectivity index (χ2v) is 3.86. The third kappa shape index (κ3) is 8.31. The van der Waals surface area contributed by atoms with Crippen LogP contribution in [0.2, 0.25) is 0 Å². The van der Waals surface area contributed by atoms with E-state index in [1.54, 1.807) is 0 Å². The minimum absolute atomic E-state index is 0.145. The van der Waals surface area contributed by atoms with Gasteiger partial charge < -0.3 is 5.11 Å². The van der Waals surface area contributed by atoms with Crippen molar-refractivity contribution in [3.05, 3.63) is 0 Å². The Labute approximate surface area is 61.8 Å². The van der Waals surface area contributed by atoms with E-state index < -0.39 is 0 Å². The van der Waals surface area contributed by atoms with Crippen molar-refractivity contribution in [2.24, 2.45) is 5.92 Å². The van der Waals surface area contributed by atoms with Crippen LogP contribution in [-0.2, 0) is 0 Å². The molecule has 1 atom stereocenters. The van der Waals surface area contributed by atoms with Gasteiger partial charge in [-0.3, -0.25) is 0 Å². The van der Waals surface area contributed by atoms with E-state index in [9.17, 15) is 0 Å². The molecule has 2 heteroatoms. The minimum atomic E-state index is -0.145. The quantitative estimate of drug-likeness (QED) is 0.655. The van der Waals surface area contributed by atoms with Gasteiger partial charge in [-0.1, -0.05) is 13.8 Å². The van der Waals surface area contributed by atoms with Crippen molar-refractivity contribution in [3.8, 4) is 0 Å². The van der Waals surface area contributed by atoms with Gasteiger partial charge in [0, 0.05) is 5.75 Å². The molecular weight excluding hydrogens is 132 g/mol. The summed E-state index contributed by atoms with van der Waals surface area (Å²) in [5.41, 5.74) is 0. The molecule has 0 saturated carbocycles. The van der Waals surface area contributed by atoms with E-state index in [0.717, 1.165) is 17.4 Å². The van der Waals surface area contributed by atoms with E-state index >= 15 is 0 Å². The lowest BCUT2D eigenvalue weighted by atomic mass is 10.3. The van der Waals surface area contributed by atoms with E-state index in [0.29, 0.717) is 0 Å². The minimum Gasteiger partial charge on any atom is -0.393 e. The Kier molecular flexibility index (Phi) is 5.30. The molecule has 1 nitrogen and oxygen atoms in total. The molecule has 1 N–H and O–H groups in total. The molecule has 0 aromatic carbocycles. The van der Waals surface area contributed by atoms with E-state index in [-0.39, 0.29) is 6.10 Å². The lowest BCUT2D eigenvalue weighted by Gasteiger charge is -2.05. The van der Waals surface area contributed by atoms with Crippen molar-refractivity contribution in [1.82, 2.24) is 0 Å². The topological polar surface area (TPSA) is 20.2 Å². The van der Waals surface area contributed by atoms with Crippen LogP contribution in [-0.4, -0.2) is 22.7 Å². The lowest BCUT2D eigenvalue weighted by Crippen LogP contribution is -2.04. The van der Waals surface area contributed by atoms with Gasteiger partial charge in [0.1, 0.15) is 0 Å². The summed E-state index contributed by atoms with van der Waals surface area (Å²) in [6.45, 7) is 6.21. The Bertz CT molecular complexity index is 53.9. The number of aliphatic hydroxyl groups excluding tert-OH is 1. The van der Waals surface area contributed by atoms with Crippen molar-refractivity contribution in [1.29, 1.82) is 0 Å². The first-order valence-corrected chi connectivity index (χ1v) is 4.54. The van der Waals surface area contributed by atoms with Crippen molar-refractivity contribution in [3.63, 3.8) is 0 Å². The Morgan fingerprint density at radius 1 is 1.22 bits per heavy atom. The summed E-state index contributed by atoms with van der Waals surface area (Å²) >= 11 is 1.82. The summed E-state index contributed by atoms with van der Waals surface area (Å²) in [7, 11) is 0. The summed E-state index contributed by atoms with van der Waals surface area (Å²) in [6, 6.07) is 0. The molecule has 0 radical (unpaired) electrons. The molecule has 0 saturated heterocycles. The van der Waals surface area contributed by atoms with Gasteiger partial charge in [0.2, 0.25) is 0 Å². The molecule has 56 valence electrons. The number of thioether (sulfide) groups is 1. The highest BCUT2D eigenvalue weighted by molar-refractivity contribution is 7.99. The Morgan fingerprint density at radius 3 is 2.11 bits per heavy atom. The molecule has 0 bridgehead atoms. The molecule has 9 heavy (non-hydrogen) atoms. The van der Waals surface area contributed by atoms with Gasteiger partial charge >= 0.3 is 0 Å². The van der Waals surface area contributed by atoms with Crippen molar-refractivity contribution < 1.29 is 5.11 Å². The third-order valence-electron chi connectivity index (χ3n) is 0.810. The van der Waals surface area contributed by atoms with Crippen LogP contribution in [0.5, 0.6) is 0 Å². The van der Waals surface area contributed by atoms with Crippen LogP contribution < -0.4 is 0 Å². The second-order valence-electron chi connectivity index (χ2n) is 2.78. The van der Waals surface area contributed by atoms with Crippen LogP contribution in [0.25, 0.3) is 0 Å². The first-order chi connectivity index (χ1) is 4.13. The monoisotopic (exact) mass is 148 g/mol. The van der Waals surface area contributed by atoms with Gasteiger partial charge in [-0.2, -0.15) is 11.8 Å². The van der Waals surface area contributed by atoms with E-state index in [4.69, 9.17) is 5.11 Å². The fourth-order valence-corrected chi connectivity index (χ4v) is 1.42. The first kappa shape index (κ1) is 9.31. The van der Waals surface area contributed by atoms with Crippen molar-refractivity contribution in [2.75, 3.05) is 11.5 Å². The van der Waals surface area contributed by atoms with Crippen LogP contribution in [0.15, 0.2) is 0 Å². The predicted molar refractivity (Wildman–Crippen MR) is 43.8 cm³/mol. The summed E-state index contributed by atoms with van der Waals surface area (Å²) in [6.07, 6.45) is -0.145. The van der Waals surface area contributed by atoms with Gasteiger partial charge in [0.15, 0.2) is 0 Å². The molecule has 0 aromatic rings. The Morgan fingerprint density at radius 2 is 1.78 bits per heavy atom. The third-order valence-corrected chi connectivity index (χ3v) is 2.43. The maximum Gasteiger partial charge on any atom is 0.0602 e. The number of hydrogen-bond acceptors (Lipinski definition) is 2. The molecular formula is C7H16OS. The Balaban J connectivity index is 2.91. The van der Waals surface area contributed by atoms with Crippen LogP contribution in [0.3, 0.4) is 0 Å². The predicted octanol–water partition coefficient (Wildman–Crippen LogP) is 1.76. The zero-order valence-electron chi connectivity index (χ0n) is 6.42. The zero-order chi connectivity index (χ0) is 7.28. The maximum atomic E-state index is 8.84. The molecule has 0 heterocycles. The number of rotatable bonds is 4. The second kappa shape index (κ2) is 5.12. The van der Waals surface area contributed by atoms with E-state index in [2.05, 4.69) is 13.8 Å². The van der Waals surface area contributed by atoms with E-state index in [1.165, 1.54) is 0 Å². The molecule has 0 aliphatic carbocycles. The summed E-state index contributed by atoms with van der Waals surface area (Å²) < 4.78 is 0. The van der Waals surface area contributed by atoms with Gasteiger partial charge in [-0.05, 0) is 18.6 Å². The highest BCUT2D eigenvalue weighted by Crippen LogP contribution is 2.08. The lowest BCUT2D eigenvalue weighted by molar-refractivity contribution is 0.220. The maximum absolute atomic E-state index is 8.84. The molecule has 0 aliphatic rings. The summed E-state index contributed by atoms with van der Waals surface area (Å²) in [5.74, 6) is 2.78. The van der Waals surface area contributed by atoms with Crippen LogP contribution in [0, 0.1) is 5.92 Å². The van der Waals surface area contributed by atoms with Gasteiger partial charge in [0.25, 0.3) is 0 Å². The average molecular weight is 148 g/mol. The fraction of sp³-hybridized carbons (Fsp3) is 1.00. The van der Waals surface area contributed by atoms with Gasteiger partial charge in [-0.25, -0.2) is 0 Å². The highest BCUT2D eigenvalue weighted by Gasteiger charge is 1.97. The van der Waals surface area contributed by atoms with E-state index in [1.807, 2.05) is 18.7 Å². The fourth-order valence-electron chi connectivity index (χ4n) is 0.474.